The first-order valence-corrected chi connectivity index (χ1v) is 11.2. The van der Waals surface area contributed by atoms with Crippen molar-refractivity contribution < 1.29 is 26.7 Å². The molecule has 1 saturated heterocycles. The van der Waals surface area contributed by atoms with Crippen LogP contribution in [-0.2, 0) is 6.18 Å². The Morgan fingerprint density at radius 1 is 1.23 bits per heavy atom. The van der Waals surface area contributed by atoms with Crippen LogP contribution in [0.4, 0.5) is 27.9 Å². The minimum Gasteiger partial charge on any atom is -0.352 e. The highest BCUT2D eigenvalue weighted by Crippen LogP contribution is 2.35. The molecule has 2 atom stereocenters. The second-order valence-corrected chi connectivity index (χ2v) is 9.10. The van der Waals surface area contributed by atoms with Crippen LogP contribution in [0.1, 0.15) is 53.5 Å². The standard InChI is InChI=1S/C24H24F5N5O/c1-14-9-23(25,26)13-34(19(14)12-32-22-30-10-18(11-31-22)24(27,28)29)21(35)20-17(7-3-15(2)33-20)8-6-16-4-5-16/h3,7,10-11,14,16,19H,4-5,9,12-13H2,1-2H3,(H,30,31,32)/t14?,19-/m1/s1. The number of amides is 1. The van der Waals surface area contributed by atoms with Crippen LogP contribution in [0.3, 0.4) is 0 Å². The molecule has 0 aromatic carbocycles. The number of hydrogen-bond donors (Lipinski definition) is 1. The van der Waals surface area contributed by atoms with E-state index < -0.39 is 48.5 Å². The molecule has 6 nitrogen and oxygen atoms in total. The molecule has 3 heterocycles. The number of aryl methyl sites for hydroxylation is 1. The number of halogens is 5. The second-order valence-electron chi connectivity index (χ2n) is 9.10. The van der Waals surface area contributed by atoms with E-state index in [0.29, 0.717) is 23.7 Å². The molecular formula is C24H24F5N5O. The summed E-state index contributed by atoms with van der Waals surface area (Å²) < 4.78 is 67.3. The van der Waals surface area contributed by atoms with Gasteiger partial charge in [0.25, 0.3) is 11.8 Å². The number of anilines is 1. The molecular weight excluding hydrogens is 469 g/mol. The maximum atomic E-state index is 14.5. The van der Waals surface area contributed by atoms with Crippen LogP contribution >= 0.6 is 0 Å². The Morgan fingerprint density at radius 3 is 2.54 bits per heavy atom. The highest BCUT2D eigenvalue weighted by Gasteiger charge is 2.46. The number of rotatable bonds is 4. The number of aromatic nitrogens is 3. The van der Waals surface area contributed by atoms with Crippen molar-refractivity contribution in [3.8, 4) is 11.8 Å². The van der Waals surface area contributed by atoms with E-state index in [1.165, 1.54) is 0 Å². The fraction of sp³-hybridized carbons (Fsp3) is 0.500. The summed E-state index contributed by atoms with van der Waals surface area (Å²) in [5.41, 5.74) is -0.0588. The Morgan fingerprint density at radius 2 is 1.91 bits per heavy atom. The lowest BCUT2D eigenvalue weighted by atomic mass is 9.88. The van der Waals surface area contributed by atoms with Crippen molar-refractivity contribution in [3.05, 3.63) is 47.0 Å². The zero-order chi connectivity index (χ0) is 25.4. The van der Waals surface area contributed by atoms with Gasteiger partial charge in [-0.25, -0.2) is 23.7 Å². The quantitative estimate of drug-likeness (QED) is 0.500. The minimum absolute atomic E-state index is 0.0128. The number of hydrogen-bond acceptors (Lipinski definition) is 5. The molecule has 1 N–H and O–H groups in total. The maximum absolute atomic E-state index is 14.5. The van der Waals surface area contributed by atoms with E-state index in [9.17, 15) is 26.7 Å². The molecule has 2 aromatic rings. The fourth-order valence-corrected chi connectivity index (χ4v) is 4.00. The molecule has 2 aliphatic rings. The molecule has 1 unspecified atom stereocenters. The lowest BCUT2D eigenvalue weighted by Gasteiger charge is -2.43. The smallest absolute Gasteiger partial charge is 0.352 e. The fourth-order valence-electron chi connectivity index (χ4n) is 4.00. The first kappa shape index (κ1) is 24.8. The Labute approximate surface area is 199 Å². The van der Waals surface area contributed by atoms with E-state index in [-0.39, 0.29) is 24.1 Å². The normalized spacial score (nSPS) is 21.7. The average molecular weight is 493 g/mol. The Hall–Kier alpha value is -3.29. The lowest BCUT2D eigenvalue weighted by molar-refractivity contribution is -0.138. The van der Waals surface area contributed by atoms with Crippen molar-refractivity contribution in [2.24, 2.45) is 11.8 Å². The number of carbonyl (C=O) groups is 1. The summed E-state index contributed by atoms with van der Waals surface area (Å²) in [5.74, 6) is 1.84. The Bertz CT molecular complexity index is 1150. The number of nitrogens with one attached hydrogen (secondary N) is 1. The van der Waals surface area contributed by atoms with Crippen molar-refractivity contribution in [2.45, 2.75) is 51.3 Å². The molecule has 0 bridgehead atoms. The van der Waals surface area contributed by atoms with Gasteiger partial charge in [-0.3, -0.25) is 4.79 Å². The van der Waals surface area contributed by atoms with Gasteiger partial charge in [0, 0.05) is 37.0 Å². The first-order chi connectivity index (χ1) is 16.4. The molecule has 186 valence electrons. The third-order valence-electron chi connectivity index (χ3n) is 6.01. The summed E-state index contributed by atoms with van der Waals surface area (Å²) >= 11 is 0. The summed E-state index contributed by atoms with van der Waals surface area (Å²) in [7, 11) is 0. The van der Waals surface area contributed by atoms with Crippen molar-refractivity contribution in [3.63, 3.8) is 0 Å². The van der Waals surface area contributed by atoms with Crippen molar-refractivity contribution in [1.82, 2.24) is 19.9 Å². The Kier molecular flexibility index (Phi) is 6.66. The average Bonchev–Trinajstić information content (AvgIpc) is 3.60. The van der Waals surface area contributed by atoms with Gasteiger partial charge >= 0.3 is 6.18 Å². The van der Waals surface area contributed by atoms with E-state index in [2.05, 4.69) is 32.1 Å². The zero-order valence-corrected chi connectivity index (χ0v) is 19.2. The van der Waals surface area contributed by atoms with Crippen LogP contribution in [-0.4, -0.2) is 50.8 Å². The van der Waals surface area contributed by atoms with E-state index in [1.807, 2.05) is 0 Å². The summed E-state index contributed by atoms with van der Waals surface area (Å²) in [6, 6.07) is 2.68. The third-order valence-corrected chi connectivity index (χ3v) is 6.01. The van der Waals surface area contributed by atoms with Crippen molar-refractivity contribution in [1.29, 1.82) is 0 Å². The molecule has 4 rings (SSSR count). The van der Waals surface area contributed by atoms with Gasteiger partial charge in [-0.05, 0) is 37.8 Å². The summed E-state index contributed by atoms with van der Waals surface area (Å²) in [4.78, 5) is 26.2. The predicted octanol–water partition coefficient (Wildman–Crippen LogP) is 4.56. The highest BCUT2D eigenvalue weighted by atomic mass is 19.4. The van der Waals surface area contributed by atoms with Gasteiger partial charge in [-0.2, -0.15) is 13.2 Å². The number of pyridine rings is 1. The van der Waals surface area contributed by atoms with Crippen LogP contribution in [0.2, 0.25) is 0 Å². The van der Waals surface area contributed by atoms with E-state index in [4.69, 9.17) is 0 Å². The van der Waals surface area contributed by atoms with Crippen LogP contribution in [0.15, 0.2) is 24.5 Å². The van der Waals surface area contributed by atoms with E-state index in [1.54, 1.807) is 26.0 Å². The molecule has 1 aliphatic heterocycles. The largest absolute Gasteiger partial charge is 0.419 e. The molecule has 0 radical (unpaired) electrons. The van der Waals surface area contributed by atoms with Crippen LogP contribution in [0, 0.1) is 30.6 Å². The van der Waals surface area contributed by atoms with Gasteiger partial charge < -0.3 is 10.2 Å². The van der Waals surface area contributed by atoms with Gasteiger partial charge in [0.2, 0.25) is 5.95 Å². The van der Waals surface area contributed by atoms with Gasteiger partial charge in [0.15, 0.2) is 0 Å². The maximum Gasteiger partial charge on any atom is 0.419 e. The van der Waals surface area contributed by atoms with Crippen LogP contribution < -0.4 is 5.32 Å². The number of likely N-dealkylation sites (tertiary alicyclic amines) is 1. The molecule has 1 saturated carbocycles. The molecule has 1 amide bonds. The molecule has 0 spiro atoms. The minimum atomic E-state index is -4.58. The molecule has 2 aromatic heterocycles. The van der Waals surface area contributed by atoms with Crippen molar-refractivity contribution >= 4 is 11.9 Å². The topological polar surface area (TPSA) is 71.0 Å². The summed E-state index contributed by atoms with van der Waals surface area (Å²) in [6.07, 6.45) is -1.76. The number of nitrogens with zero attached hydrogens (tertiary/aromatic N) is 4. The van der Waals surface area contributed by atoms with Gasteiger partial charge in [-0.1, -0.05) is 18.8 Å². The van der Waals surface area contributed by atoms with Crippen LogP contribution in [0.25, 0.3) is 0 Å². The summed E-state index contributed by atoms with van der Waals surface area (Å²) in [5, 5.41) is 2.78. The molecule has 35 heavy (non-hydrogen) atoms. The molecule has 11 heteroatoms. The monoisotopic (exact) mass is 493 g/mol. The lowest BCUT2D eigenvalue weighted by Crippen LogP contribution is -2.57. The van der Waals surface area contributed by atoms with Gasteiger partial charge in [0.1, 0.15) is 5.69 Å². The van der Waals surface area contributed by atoms with Gasteiger partial charge in [0.05, 0.1) is 23.7 Å². The number of carbonyl (C=O) groups excluding carboxylic acids is 1. The van der Waals surface area contributed by atoms with Gasteiger partial charge in [-0.15, -0.1) is 0 Å². The first-order valence-electron chi connectivity index (χ1n) is 11.2. The van der Waals surface area contributed by atoms with Crippen LogP contribution in [0.5, 0.6) is 0 Å². The zero-order valence-electron chi connectivity index (χ0n) is 19.2. The van der Waals surface area contributed by atoms with E-state index >= 15 is 0 Å². The second kappa shape index (κ2) is 9.40. The summed E-state index contributed by atoms with van der Waals surface area (Å²) in [6.45, 7) is 2.47. The molecule has 2 fully saturated rings. The van der Waals surface area contributed by atoms with E-state index in [0.717, 1.165) is 17.7 Å². The van der Waals surface area contributed by atoms with Crippen molar-refractivity contribution in [2.75, 3.05) is 18.4 Å². The number of piperidine rings is 1. The molecule has 1 aliphatic carbocycles. The third kappa shape index (κ3) is 6.05. The Balaban J connectivity index is 1.58. The number of alkyl halides is 5. The SMILES string of the molecule is Cc1ccc(C#CC2CC2)c(C(=O)N2CC(F)(F)CC(C)[C@H]2CNc2ncc(C(F)(F)F)cn2)n1. The predicted molar refractivity (Wildman–Crippen MR) is 118 cm³/mol. The highest BCUT2D eigenvalue weighted by molar-refractivity contribution is 5.95.